The van der Waals surface area contributed by atoms with Crippen LogP contribution in [0.5, 0.6) is 11.5 Å². The predicted octanol–water partition coefficient (Wildman–Crippen LogP) is 3.76. The van der Waals surface area contributed by atoms with Crippen LogP contribution in [0.15, 0.2) is 24.3 Å². The molecule has 1 aromatic carbocycles. The number of piperidine rings is 1. The minimum absolute atomic E-state index is 0. The van der Waals surface area contributed by atoms with E-state index >= 15 is 0 Å². The van der Waals surface area contributed by atoms with Crippen molar-refractivity contribution in [3.63, 3.8) is 0 Å². The Morgan fingerprint density at radius 1 is 1.14 bits per heavy atom. The zero-order chi connectivity index (χ0) is 20.4. The molecule has 0 aromatic heterocycles. The molecule has 1 saturated heterocycles. The summed E-state index contributed by atoms with van der Waals surface area (Å²) >= 11 is 0. The summed E-state index contributed by atoms with van der Waals surface area (Å²) in [7, 11) is 1.60. The van der Waals surface area contributed by atoms with Gasteiger partial charge in [0.15, 0.2) is 17.3 Å². The summed E-state index contributed by atoms with van der Waals surface area (Å²) in [5.74, 6) is 1.34. The number of ketones is 1. The lowest BCUT2D eigenvalue weighted by Crippen LogP contribution is -2.37. The number of hydrogen-bond acceptors (Lipinski definition) is 6. The lowest BCUT2D eigenvalue weighted by atomic mass is 9.97. The Balaban J connectivity index is 0.00000420. The van der Waals surface area contributed by atoms with E-state index in [1.54, 1.807) is 19.3 Å². The van der Waals surface area contributed by atoms with Gasteiger partial charge in [-0.15, -0.1) is 12.4 Å². The number of nitrogens with zero attached hydrogens (tertiary/aromatic N) is 1. The fraction of sp³-hybridized carbons (Fsp3) is 0.545. The second kappa shape index (κ2) is 13.2. The second-order valence-corrected chi connectivity index (χ2v) is 6.76. The van der Waals surface area contributed by atoms with Crippen molar-refractivity contribution in [3.8, 4) is 11.5 Å². The van der Waals surface area contributed by atoms with E-state index < -0.39 is 0 Å². The van der Waals surface area contributed by atoms with Crippen LogP contribution >= 0.6 is 12.4 Å². The smallest absolute Gasteiger partial charge is 0.309 e. The van der Waals surface area contributed by atoms with Gasteiger partial charge in [0.2, 0.25) is 0 Å². The van der Waals surface area contributed by atoms with Gasteiger partial charge in [0.1, 0.15) is 0 Å². The molecule has 0 saturated carbocycles. The SMILES string of the molecule is CCOC(=O)C1CCN(CCC(=O)C=Cc2ccc(OCC)c(OC)c2)CC1.Cl. The second-order valence-electron chi connectivity index (χ2n) is 6.76. The highest BCUT2D eigenvalue weighted by atomic mass is 35.5. The molecule has 0 unspecified atom stereocenters. The van der Waals surface area contributed by atoms with Gasteiger partial charge < -0.3 is 19.1 Å². The molecule has 0 bridgehead atoms. The first kappa shape index (κ1) is 25.0. The number of esters is 1. The molecule has 1 aliphatic rings. The quantitative estimate of drug-likeness (QED) is 0.420. The Hall–Kier alpha value is -2.05. The molecule has 0 radical (unpaired) electrons. The maximum Gasteiger partial charge on any atom is 0.309 e. The van der Waals surface area contributed by atoms with Crippen LogP contribution < -0.4 is 9.47 Å². The molecule has 0 spiro atoms. The Kier molecular flexibility index (Phi) is 11.4. The zero-order valence-corrected chi connectivity index (χ0v) is 18.3. The molecule has 1 fully saturated rings. The van der Waals surface area contributed by atoms with E-state index in [4.69, 9.17) is 14.2 Å². The summed E-state index contributed by atoms with van der Waals surface area (Å²) in [5.41, 5.74) is 0.893. The van der Waals surface area contributed by atoms with E-state index in [0.29, 0.717) is 37.7 Å². The summed E-state index contributed by atoms with van der Waals surface area (Å²) in [6, 6.07) is 5.60. The van der Waals surface area contributed by atoms with Gasteiger partial charge in [-0.1, -0.05) is 12.1 Å². The van der Waals surface area contributed by atoms with Gasteiger partial charge >= 0.3 is 5.97 Å². The van der Waals surface area contributed by atoms with E-state index in [-0.39, 0.29) is 30.1 Å². The fourth-order valence-electron chi connectivity index (χ4n) is 3.26. The van der Waals surface area contributed by atoms with Crippen molar-refractivity contribution >= 4 is 30.2 Å². The molecule has 0 amide bonds. The first-order valence-corrected chi connectivity index (χ1v) is 9.98. The lowest BCUT2D eigenvalue weighted by molar-refractivity contribution is -0.149. The largest absolute Gasteiger partial charge is 0.493 e. The number of allylic oxidation sites excluding steroid dienone is 1. The van der Waals surface area contributed by atoms with Gasteiger partial charge in [0.25, 0.3) is 0 Å². The maximum absolute atomic E-state index is 12.2. The number of halogens is 1. The van der Waals surface area contributed by atoms with Crippen LogP contribution in [0.1, 0.15) is 38.7 Å². The van der Waals surface area contributed by atoms with Gasteiger partial charge in [-0.25, -0.2) is 0 Å². The van der Waals surface area contributed by atoms with Crippen molar-refractivity contribution in [2.24, 2.45) is 5.92 Å². The van der Waals surface area contributed by atoms with Crippen molar-refractivity contribution in [1.82, 2.24) is 4.90 Å². The molecular formula is C22H32ClNO5. The average molecular weight is 426 g/mol. The summed E-state index contributed by atoms with van der Waals surface area (Å²) in [6.45, 7) is 7.13. The first-order valence-electron chi connectivity index (χ1n) is 9.98. The summed E-state index contributed by atoms with van der Waals surface area (Å²) in [6.07, 6.45) is 5.48. The van der Waals surface area contributed by atoms with Gasteiger partial charge in [-0.2, -0.15) is 0 Å². The molecule has 29 heavy (non-hydrogen) atoms. The number of rotatable bonds is 10. The Morgan fingerprint density at radius 2 is 1.86 bits per heavy atom. The normalized spacial score (nSPS) is 15.0. The van der Waals surface area contributed by atoms with Crippen molar-refractivity contribution in [3.05, 3.63) is 29.8 Å². The highest BCUT2D eigenvalue weighted by molar-refractivity contribution is 5.93. The van der Waals surface area contributed by atoms with Crippen molar-refractivity contribution < 1.29 is 23.8 Å². The van der Waals surface area contributed by atoms with E-state index in [2.05, 4.69) is 4.90 Å². The molecule has 0 atom stereocenters. The van der Waals surface area contributed by atoms with Crippen molar-refractivity contribution in [2.45, 2.75) is 33.1 Å². The third kappa shape index (κ3) is 8.07. The maximum atomic E-state index is 12.2. The topological polar surface area (TPSA) is 65.1 Å². The monoisotopic (exact) mass is 425 g/mol. The lowest BCUT2D eigenvalue weighted by Gasteiger charge is -2.30. The van der Waals surface area contributed by atoms with Crippen molar-refractivity contribution in [2.75, 3.05) is 40.0 Å². The Morgan fingerprint density at radius 3 is 2.48 bits per heavy atom. The Bertz CT molecular complexity index is 684. The molecule has 1 aromatic rings. The minimum atomic E-state index is -0.0908. The molecule has 162 valence electrons. The van der Waals surface area contributed by atoms with E-state index in [0.717, 1.165) is 31.5 Å². The van der Waals surface area contributed by atoms with E-state index in [1.165, 1.54) is 0 Å². The zero-order valence-electron chi connectivity index (χ0n) is 17.5. The number of benzene rings is 1. The number of likely N-dealkylation sites (tertiary alicyclic amines) is 1. The number of hydrogen-bond donors (Lipinski definition) is 0. The van der Waals surface area contributed by atoms with E-state index in [1.807, 2.05) is 32.0 Å². The Labute approximate surface area is 179 Å². The molecule has 1 heterocycles. The average Bonchev–Trinajstić information content (AvgIpc) is 2.72. The van der Waals surface area contributed by atoms with Gasteiger partial charge in [-0.05, 0) is 63.6 Å². The summed E-state index contributed by atoms with van der Waals surface area (Å²) in [5, 5.41) is 0. The van der Waals surface area contributed by atoms with Crippen LogP contribution in [0.3, 0.4) is 0 Å². The first-order chi connectivity index (χ1) is 13.6. The minimum Gasteiger partial charge on any atom is -0.493 e. The summed E-state index contributed by atoms with van der Waals surface area (Å²) < 4.78 is 15.9. The highest BCUT2D eigenvalue weighted by Crippen LogP contribution is 2.28. The van der Waals surface area contributed by atoms with Crippen molar-refractivity contribution in [1.29, 1.82) is 0 Å². The van der Waals surface area contributed by atoms with Crippen LogP contribution in [-0.2, 0) is 14.3 Å². The molecule has 6 nitrogen and oxygen atoms in total. The standard InChI is InChI=1S/C22H31NO5.ClH/c1-4-27-20-9-7-17(16-21(20)26-3)6-8-19(24)12-15-23-13-10-18(11-14-23)22(25)28-5-2;/h6-9,16,18H,4-5,10-15H2,1-3H3;1H. The van der Waals surface area contributed by atoms with E-state index in [9.17, 15) is 9.59 Å². The van der Waals surface area contributed by atoms with Gasteiger partial charge in [0.05, 0.1) is 26.2 Å². The number of carbonyl (C=O) groups is 2. The third-order valence-electron chi connectivity index (χ3n) is 4.83. The molecular weight excluding hydrogens is 394 g/mol. The number of carbonyl (C=O) groups excluding carboxylic acids is 2. The predicted molar refractivity (Wildman–Crippen MR) is 116 cm³/mol. The molecule has 7 heteroatoms. The molecule has 2 rings (SSSR count). The van der Waals surface area contributed by atoms with Crippen LogP contribution in [0, 0.1) is 5.92 Å². The van der Waals surface area contributed by atoms with Crippen LogP contribution in [0.4, 0.5) is 0 Å². The molecule has 1 aliphatic heterocycles. The van der Waals surface area contributed by atoms with Gasteiger partial charge in [-0.3, -0.25) is 9.59 Å². The van der Waals surface area contributed by atoms with Crippen LogP contribution in [-0.4, -0.2) is 56.6 Å². The third-order valence-corrected chi connectivity index (χ3v) is 4.83. The fourth-order valence-corrected chi connectivity index (χ4v) is 3.26. The van der Waals surface area contributed by atoms with Crippen LogP contribution in [0.2, 0.25) is 0 Å². The molecule has 0 aliphatic carbocycles. The summed E-state index contributed by atoms with van der Waals surface area (Å²) in [4.78, 5) is 26.2. The van der Waals surface area contributed by atoms with Crippen LogP contribution in [0.25, 0.3) is 6.08 Å². The number of methoxy groups -OCH3 is 1. The number of ether oxygens (including phenoxy) is 3. The highest BCUT2D eigenvalue weighted by Gasteiger charge is 2.25. The molecule has 0 N–H and O–H groups in total. The van der Waals surface area contributed by atoms with Gasteiger partial charge in [0, 0.05) is 13.0 Å².